The quantitative estimate of drug-likeness (QED) is 0.376. The number of benzene rings is 3. The molecular weight excluding hydrogens is 504 g/mol. The van der Waals surface area contributed by atoms with E-state index in [4.69, 9.17) is 9.26 Å². The molecule has 1 fully saturated rings. The molecule has 1 N–H and O–H groups in total. The Hall–Kier alpha value is -4.15. The number of carbonyl (C=O) groups excluding carboxylic acids is 1. The Kier molecular flexibility index (Phi) is 7.17. The summed E-state index contributed by atoms with van der Waals surface area (Å²) >= 11 is 0. The van der Waals surface area contributed by atoms with Crippen molar-refractivity contribution in [2.75, 3.05) is 43.5 Å². The number of anilines is 2. The Labute approximate surface area is 221 Å². The van der Waals surface area contributed by atoms with Crippen LogP contribution in [0.4, 0.5) is 11.4 Å². The second-order valence-electron chi connectivity index (χ2n) is 8.87. The van der Waals surface area contributed by atoms with Crippen LogP contribution in [0.1, 0.15) is 16.1 Å². The molecule has 0 radical (unpaired) electrons. The van der Waals surface area contributed by atoms with Gasteiger partial charge in [0.2, 0.25) is 10.0 Å². The van der Waals surface area contributed by atoms with Gasteiger partial charge in [0.1, 0.15) is 22.8 Å². The summed E-state index contributed by atoms with van der Waals surface area (Å²) in [7, 11) is -2.06. The van der Waals surface area contributed by atoms with Crippen molar-refractivity contribution in [3.05, 3.63) is 90.2 Å². The fourth-order valence-corrected chi connectivity index (χ4v) is 5.97. The first-order valence-corrected chi connectivity index (χ1v) is 13.6. The summed E-state index contributed by atoms with van der Waals surface area (Å²) < 4.78 is 38.8. The van der Waals surface area contributed by atoms with Crippen LogP contribution in [0.15, 0.2) is 88.3 Å². The Morgan fingerprint density at radius 3 is 2.26 bits per heavy atom. The van der Waals surface area contributed by atoms with Crippen LogP contribution in [0, 0.1) is 6.92 Å². The van der Waals surface area contributed by atoms with Gasteiger partial charge in [0, 0.05) is 37.4 Å². The van der Waals surface area contributed by atoms with Gasteiger partial charge < -0.3 is 19.5 Å². The molecule has 1 saturated heterocycles. The first kappa shape index (κ1) is 25.5. The summed E-state index contributed by atoms with van der Waals surface area (Å²) in [6, 6.07) is 23.2. The fraction of sp³-hybridized carbons (Fsp3) is 0.214. The van der Waals surface area contributed by atoms with Crippen LogP contribution in [0.3, 0.4) is 0 Å². The number of hydrogen-bond donors (Lipinski definition) is 1. The second kappa shape index (κ2) is 10.7. The third kappa shape index (κ3) is 5.00. The third-order valence-electron chi connectivity index (χ3n) is 6.55. The maximum Gasteiger partial charge on any atom is 0.261 e. The Morgan fingerprint density at radius 1 is 0.921 bits per heavy atom. The monoisotopic (exact) mass is 532 g/mol. The molecule has 1 aromatic heterocycles. The molecule has 5 rings (SSSR count). The summed E-state index contributed by atoms with van der Waals surface area (Å²) in [4.78, 5) is 15.4. The predicted octanol–water partition coefficient (Wildman–Crippen LogP) is 4.42. The number of methoxy groups -OCH3 is 1. The molecule has 1 aliphatic rings. The summed E-state index contributed by atoms with van der Waals surface area (Å²) in [6.45, 7) is 3.49. The number of ether oxygens (including phenoxy) is 1. The molecule has 1 amide bonds. The first-order valence-electron chi connectivity index (χ1n) is 12.2. The van der Waals surface area contributed by atoms with Crippen molar-refractivity contribution in [2.24, 2.45) is 0 Å². The van der Waals surface area contributed by atoms with Gasteiger partial charge in [-0.2, -0.15) is 4.31 Å². The lowest BCUT2D eigenvalue weighted by molar-refractivity contribution is 0.102. The lowest BCUT2D eigenvalue weighted by Gasteiger charge is -2.35. The lowest BCUT2D eigenvalue weighted by atomic mass is 10.1. The molecule has 0 saturated carbocycles. The topological polar surface area (TPSA) is 105 Å². The van der Waals surface area contributed by atoms with Gasteiger partial charge in [-0.25, -0.2) is 8.42 Å². The van der Waals surface area contributed by atoms with Crippen molar-refractivity contribution in [1.29, 1.82) is 0 Å². The van der Waals surface area contributed by atoms with E-state index in [1.165, 1.54) is 16.4 Å². The number of aryl methyl sites for hydroxylation is 1. The lowest BCUT2D eigenvalue weighted by Crippen LogP contribution is -2.48. The number of para-hydroxylation sites is 2. The molecule has 0 atom stereocenters. The molecular formula is C28H28N4O5S. The molecule has 0 aliphatic carbocycles. The molecule has 196 valence electrons. The summed E-state index contributed by atoms with van der Waals surface area (Å²) in [5.41, 5.74) is 2.97. The molecule has 0 spiro atoms. The average molecular weight is 533 g/mol. The van der Waals surface area contributed by atoms with E-state index in [2.05, 4.69) is 15.4 Å². The first-order chi connectivity index (χ1) is 18.4. The van der Waals surface area contributed by atoms with Gasteiger partial charge in [-0.3, -0.25) is 4.79 Å². The van der Waals surface area contributed by atoms with Gasteiger partial charge in [0.15, 0.2) is 0 Å². The van der Waals surface area contributed by atoms with E-state index in [9.17, 15) is 13.2 Å². The van der Waals surface area contributed by atoms with Crippen molar-refractivity contribution in [2.45, 2.75) is 11.8 Å². The third-order valence-corrected chi connectivity index (χ3v) is 8.46. The van der Waals surface area contributed by atoms with Crippen molar-refractivity contribution >= 4 is 27.3 Å². The molecule has 38 heavy (non-hydrogen) atoms. The second-order valence-corrected chi connectivity index (χ2v) is 10.8. The highest BCUT2D eigenvalue weighted by Crippen LogP contribution is 2.30. The minimum absolute atomic E-state index is 0.173. The highest BCUT2D eigenvalue weighted by molar-refractivity contribution is 7.89. The number of amides is 1. The summed E-state index contributed by atoms with van der Waals surface area (Å²) in [5.74, 6) is 0.775. The molecule has 9 nitrogen and oxygen atoms in total. The molecule has 2 heterocycles. The number of piperazine rings is 1. The summed E-state index contributed by atoms with van der Waals surface area (Å²) in [6.07, 6.45) is 0. The molecule has 10 heteroatoms. The zero-order valence-corrected chi connectivity index (χ0v) is 21.9. The Morgan fingerprint density at radius 2 is 1.58 bits per heavy atom. The number of rotatable bonds is 7. The van der Waals surface area contributed by atoms with Gasteiger partial charge in [-0.15, -0.1) is 0 Å². The number of hydrogen-bond acceptors (Lipinski definition) is 7. The van der Waals surface area contributed by atoms with Crippen LogP contribution in [0.5, 0.6) is 5.75 Å². The van der Waals surface area contributed by atoms with E-state index >= 15 is 0 Å². The van der Waals surface area contributed by atoms with E-state index in [-0.39, 0.29) is 10.8 Å². The standard InChI is InChI=1S/C28H28N4O5S/c1-20-26(27(30-37-20)21-8-4-3-5-9-21)28(33)29-22-12-14-23(15-13-22)38(34,35)32-18-16-31(17-19-32)24-10-6-7-11-25(24)36-2/h3-15H,16-19H2,1-2H3,(H,29,33). The van der Waals surface area contributed by atoms with E-state index in [1.807, 2.05) is 54.6 Å². The Bertz CT molecular complexity index is 1530. The van der Waals surface area contributed by atoms with Gasteiger partial charge >= 0.3 is 0 Å². The minimum Gasteiger partial charge on any atom is -0.495 e. The van der Waals surface area contributed by atoms with Crippen LogP contribution in [-0.4, -0.2) is 57.1 Å². The predicted molar refractivity (Wildman–Crippen MR) is 145 cm³/mol. The largest absolute Gasteiger partial charge is 0.495 e. The zero-order chi connectivity index (χ0) is 26.7. The maximum atomic E-state index is 13.3. The van der Waals surface area contributed by atoms with E-state index < -0.39 is 10.0 Å². The molecule has 1 aliphatic heterocycles. The number of nitrogens with one attached hydrogen (secondary N) is 1. The van der Waals surface area contributed by atoms with Gasteiger partial charge in [0.25, 0.3) is 5.91 Å². The molecule has 4 aromatic rings. The van der Waals surface area contributed by atoms with Crippen molar-refractivity contribution < 1.29 is 22.5 Å². The fourth-order valence-electron chi connectivity index (χ4n) is 4.55. The average Bonchev–Trinajstić information content (AvgIpc) is 3.35. The van der Waals surface area contributed by atoms with Crippen LogP contribution >= 0.6 is 0 Å². The summed E-state index contributed by atoms with van der Waals surface area (Å²) in [5, 5.41) is 6.87. The van der Waals surface area contributed by atoms with Crippen LogP contribution in [-0.2, 0) is 10.0 Å². The minimum atomic E-state index is -3.68. The van der Waals surface area contributed by atoms with E-state index in [0.717, 1.165) is 17.0 Å². The van der Waals surface area contributed by atoms with Crippen LogP contribution in [0.2, 0.25) is 0 Å². The highest BCUT2D eigenvalue weighted by Gasteiger charge is 2.29. The number of carbonyl (C=O) groups is 1. The van der Waals surface area contributed by atoms with Gasteiger partial charge in [0.05, 0.1) is 17.7 Å². The Balaban J connectivity index is 1.26. The van der Waals surface area contributed by atoms with Crippen molar-refractivity contribution in [1.82, 2.24) is 9.46 Å². The van der Waals surface area contributed by atoms with E-state index in [0.29, 0.717) is 48.9 Å². The smallest absolute Gasteiger partial charge is 0.261 e. The van der Waals surface area contributed by atoms with Crippen molar-refractivity contribution in [3.8, 4) is 17.0 Å². The maximum absolute atomic E-state index is 13.3. The van der Waals surface area contributed by atoms with Crippen LogP contribution < -0.4 is 15.0 Å². The number of sulfonamides is 1. The van der Waals surface area contributed by atoms with Crippen molar-refractivity contribution in [3.63, 3.8) is 0 Å². The van der Waals surface area contributed by atoms with Gasteiger partial charge in [-0.05, 0) is 43.3 Å². The van der Waals surface area contributed by atoms with E-state index in [1.54, 1.807) is 26.2 Å². The molecule has 3 aromatic carbocycles. The molecule has 0 unspecified atom stereocenters. The van der Waals surface area contributed by atoms with Crippen LogP contribution in [0.25, 0.3) is 11.3 Å². The SMILES string of the molecule is COc1ccccc1N1CCN(S(=O)(=O)c2ccc(NC(=O)c3c(-c4ccccc4)noc3C)cc2)CC1. The number of aromatic nitrogens is 1. The highest BCUT2D eigenvalue weighted by atomic mass is 32.2. The zero-order valence-electron chi connectivity index (χ0n) is 21.1. The normalized spacial score (nSPS) is 14.3. The number of nitrogens with zero attached hydrogens (tertiary/aromatic N) is 3. The molecule has 0 bridgehead atoms. The van der Waals surface area contributed by atoms with Gasteiger partial charge in [-0.1, -0.05) is 47.6 Å².